The Labute approximate surface area is 145 Å². The second-order valence-corrected chi connectivity index (χ2v) is 5.59. The van der Waals surface area contributed by atoms with Crippen molar-refractivity contribution in [2.45, 2.75) is 19.4 Å². The number of ether oxygens (including phenoxy) is 2. The monoisotopic (exact) mass is 347 g/mol. The topological polar surface area (TPSA) is 64.6 Å². The summed E-state index contributed by atoms with van der Waals surface area (Å²) in [4.78, 5) is 23.3. The molecule has 1 amide bonds. The first kappa shape index (κ1) is 17.8. The normalized spacial score (nSPS) is 11.5. The molecule has 0 aliphatic rings. The van der Waals surface area contributed by atoms with Gasteiger partial charge in [0, 0.05) is 10.7 Å². The van der Waals surface area contributed by atoms with Crippen molar-refractivity contribution in [3.63, 3.8) is 0 Å². The lowest BCUT2D eigenvalue weighted by Crippen LogP contribution is -2.30. The summed E-state index contributed by atoms with van der Waals surface area (Å²) in [6, 6.07) is 13.8. The summed E-state index contributed by atoms with van der Waals surface area (Å²) >= 11 is 5.81. The van der Waals surface area contributed by atoms with E-state index in [2.05, 4.69) is 10.1 Å². The fraction of sp³-hybridized carbons (Fsp3) is 0.222. The van der Waals surface area contributed by atoms with Gasteiger partial charge in [-0.3, -0.25) is 9.59 Å². The maximum atomic E-state index is 12.1. The first-order valence-corrected chi connectivity index (χ1v) is 7.74. The Hall–Kier alpha value is -2.53. The standard InChI is InChI=1S/C18H18ClNO4/c1-12(18(22)20-15-7-5-14(19)6-8-15)24-16-9-3-13(4-10-16)11-17(21)23-2/h3-10,12H,11H2,1-2H3,(H,20,22)/t12-/m1/s1. The van der Waals surface area contributed by atoms with Gasteiger partial charge in [-0.25, -0.2) is 0 Å². The van der Waals surface area contributed by atoms with Gasteiger partial charge >= 0.3 is 5.97 Å². The van der Waals surface area contributed by atoms with Crippen molar-refractivity contribution in [2.24, 2.45) is 0 Å². The molecule has 0 heterocycles. The van der Waals surface area contributed by atoms with Gasteiger partial charge in [0.25, 0.3) is 5.91 Å². The van der Waals surface area contributed by atoms with Gasteiger partial charge in [-0.1, -0.05) is 23.7 Å². The highest BCUT2D eigenvalue weighted by Crippen LogP contribution is 2.17. The van der Waals surface area contributed by atoms with Gasteiger partial charge in [-0.05, 0) is 48.9 Å². The van der Waals surface area contributed by atoms with Gasteiger partial charge in [0.15, 0.2) is 6.10 Å². The van der Waals surface area contributed by atoms with E-state index in [1.165, 1.54) is 7.11 Å². The number of carbonyl (C=O) groups excluding carboxylic acids is 2. The lowest BCUT2D eigenvalue weighted by molar-refractivity contribution is -0.139. The number of carbonyl (C=O) groups is 2. The number of amides is 1. The molecule has 0 fully saturated rings. The van der Waals surface area contributed by atoms with E-state index >= 15 is 0 Å². The van der Waals surface area contributed by atoms with Crippen LogP contribution in [0, 0.1) is 0 Å². The molecule has 2 rings (SSSR count). The van der Waals surface area contributed by atoms with Crippen molar-refractivity contribution in [3.05, 3.63) is 59.1 Å². The molecule has 0 saturated heterocycles. The molecular weight excluding hydrogens is 330 g/mol. The van der Waals surface area contributed by atoms with Gasteiger partial charge in [-0.15, -0.1) is 0 Å². The molecule has 0 aromatic heterocycles. The number of methoxy groups -OCH3 is 1. The minimum atomic E-state index is -0.674. The third-order valence-electron chi connectivity index (χ3n) is 3.29. The number of anilines is 1. The molecule has 6 heteroatoms. The lowest BCUT2D eigenvalue weighted by Gasteiger charge is -2.15. The molecule has 2 aromatic carbocycles. The average Bonchev–Trinajstić information content (AvgIpc) is 2.58. The average molecular weight is 348 g/mol. The Morgan fingerprint density at radius 3 is 2.29 bits per heavy atom. The van der Waals surface area contributed by atoms with Gasteiger partial charge in [0.2, 0.25) is 0 Å². The summed E-state index contributed by atoms with van der Waals surface area (Å²) in [6.45, 7) is 1.66. The number of nitrogens with one attached hydrogen (secondary N) is 1. The summed E-state index contributed by atoms with van der Waals surface area (Å²) in [5.74, 6) is -0.0299. The van der Waals surface area contributed by atoms with Crippen LogP contribution in [0.3, 0.4) is 0 Å². The summed E-state index contributed by atoms with van der Waals surface area (Å²) in [5, 5.41) is 3.35. The quantitative estimate of drug-likeness (QED) is 0.813. The van der Waals surface area contributed by atoms with E-state index in [1.807, 2.05) is 0 Å². The molecule has 1 atom stereocenters. The third-order valence-corrected chi connectivity index (χ3v) is 3.55. The number of esters is 1. The summed E-state index contributed by atoms with van der Waals surface area (Å²) in [7, 11) is 1.35. The molecule has 0 aliphatic carbocycles. The minimum absolute atomic E-state index is 0.198. The number of hydrogen-bond donors (Lipinski definition) is 1. The number of rotatable bonds is 6. The van der Waals surface area contributed by atoms with E-state index < -0.39 is 6.10 Å². The van der Waals surface area contributed by atoms with Crippen LogP contribution in [0.5, 0.6) is 5.75 Å². The van der Waals surface area contributed by atoms with Crippen LogP contribution in [0.25, 0.3) is 0 Å². The predicted octanol–water partition coefficient (Wildman–Crippen LogP) is 3.46. The van der Waals surface area contributed by atoms with Crippen LogP contribution < -0.4 is 10.1 Å². The molecule has 5 nitrogen and oxygen atoms in total. The maximum absolute atomic E-state index is 12.1. The zero-order valence-electron chi connectivity index (χ0n) is 13.4. The summed E-state index contributed by atoms with van der Waals surface area (Å²) in [6.07, 6.45) is -0.476. The smallest absolute Gasteiger partial charge is 0.309 e. The summed E-state index contributed by atoms with van der Waals surface area (Å²) < 4.78 is 10.2. The van der Waals surface area contributed by atoms with E-state index in [9.17, 15) is 9.59 Å². The second-order valence-electron chi connectivity index (χ2n) is 5.15. The number of hydrogen-bond acceptors (Lipinski definition) is 4. The fourth-order valence-corrected chi connectivity index (χ4v) is 2.09. The molecule has 0 bridgehead atoms. The third kappa shape index (κ3) is 5.28. The molecule has 0 unspecified atom stereocenters. The number of benzene rings is 2. The lowest BCUT2D eigenvalue weighted by atomic mass is 10.1. The van der Waals surface area contributed by atoms with Gasteiger partial charge < -0.3 is 14.8 Å². The van der Waals surface area contributed by atoms with Crippen molar-refractivity contribution in [1.29, 1.82) is 0 Å². The van der Waals surface area contributed by atoms with Gasteiger partial charge in [-0.2, -0.15) is 0 Å². The molecule has 2 aromatic rings. The van der Waals surface area contributed by atoms with E-state index in [1.54, 1.807) is 55.5 Å². The Balaban J connectivity index is 1.91. The Morgan fingerprint density at radius 1 is 1.08 bits per heavy atom. The Bertz CT molecular complexity index is 698. The predicted molar refractivity (Wildman–Crippen MR) is 92.3 cm³/mol. The van der Waals surface area contributed by atoms with E-state index in [4.69, 9.17) is 16.3 Å². The van der Waals surface area contributed by atoms with Crippen LogP contribution >= 0.6 is 11.6 Å². The van der Waals surface area contributed by atoms with Crippen LogP contribution in [0.15, 0.2) is 48.5 Å². The molecule has 0 radical (unpaired) electrons. The molecule has 0 aliphatic heterocycles. The second kappa shape index (κ2) is 8.36. The van der Waals surface area contributed by atoms with Crippen LogP contribution in [-0.4, -0.2) is 25.1 Å². The summed E-state index contributed by atoms with van der Waals surface area (Å²) in [5.41, 5.74) is 1.46. The van der Waals surface area contributed by atoms with E-state index in [-0.39, 0.29) is 18.3 Å². The highest BCUT2D eigenvalue weighted by molar-refractivity contribution is 6.30. The maximum Gasteiger partial charge on any atom is 0.309 e. The molecule has 126 valence electrons. The number of halogens is 1. The van der Waals surface area contributed by atoms with Crippen LogP contribution in [-0.2, 0) is 20.7 Å². The van der Waals surface area contributed by atoms with Gasteiger partial charge in [0.1, 0.15) is 5.75 Å². The SMILES string of the molecule is COC(=O)Cc1ccc(O[C@H](C)C(=O)Nc2ccc(Cl)cc2)cc1. The van der Waals surface area contributed by atoms with E-state index in [0.29, 0.717) is 16.5 Å². The molecule has 24 heavy (non-hydrogen) atoms. The Morgan fingerprint density at radius 2 is 1.71 bits per heavy atom. The zero-order valence-corrected chi connectivity index (χ0v) is 14.2. The van der Waals surface area contributed by atoms with Crippen LogP contribution in [0.2, 0.25) is 5.02 Å². The first-order valence-electron chi connectivity index (χ1n) is 7.37. The first-order chi connectivity index (χ1) is 11.5. The van der Waals surface area contributed by atoms with Crippen molar-refractivity contribution < 1.29 is 19.1 Å². The Kier molecular flexibility index (Phi) is 6.21. The van der Waals surface area contributed by atoms with Crippen molar-refractivity contribution in [1.82, 2.24) is 0 Å². The van der Waals surface area contributed by atoms with E-state index in [0.717, 1.165) is 5.56 Å². The van der Waals surface area contributed by atoms with Crippen molar-refractivity contribution >= 4 is 29.2 Å². The van der Waals surface area contributed by atoms with Crippen molar-refractivity contribution in [2.75, 3.05) is 12.4 Å². The molecule has 0 saturated carbocycles. The molecule has 1 N–H and O–H groups in total. The molecule has 0 spiro atoms. The zero-order chi connectivity index (χ0) is 17.5. The fourth-order valence-electron chi connectivity index (χ4n) is 1.96. The highest BCUT2D eigenvalue weighted by Gasteiger charge is 2.15. The largest absolute Gasteiger partial charge is 0.481 e. The highest BCUT2D eigenvalue weighted by atomic mass is 35.5. The minimum Gasteiger partial charge on any atom is -0.481 e. The van der Waals surface area contributed by atoms with Gasteiger partial charge in [0.05, 0.1) is 13.5 Å². The van der Waals surface area contributed by atoms with Crippen LogP contribution in [0.1, 0.15) is 12.5 Å². The van der Waals surface area contributed by atoms with Crippen molar-refractivity contribution in [3.8, 4) is 5.75 Å². The molecular formula is C18H18ClNO4. The van der Waals surface area contributed by atoms with Crippen LogP contribution in [0.4, 0.5) is 5.69 Å².